The van der Waals surface area contributed by atoms with Gasteiger partial charge < -0.3 is 9.80 Å². The van der Waals surface area contributed by atoms with Gasteiger partial charge in [0.25, 0.3) is 0 Å². The molecule has 0 aromatic heterocycles. The normalized spacial score (nSPS) is 18.4. The fraction of sp³-hybridized carbons (Fsp3) is 0.600. The third-order valence-electron chi connectivity index (χ3n) is 5.55. The van der Waals surface area contributed by atoms with E-state index in [0.29, 0.717) is 61.4 Å². The Kier molecular flexibility index (Phi) is 6.68. The van der Waals surface area contributed by atoms with Crippen LogP contribution in [-0.2, 0) is 16.0 Å². The molecule has 1 aliphatic heterocycles. The van der Waals surface area contributed by atoms with E-state index in [0.717, 1.165) is 0 Å². The monoisotopic (exact) mass is 424 g/mol. The van der Waals surface area contributed by atoms with Crippen LogP contribution in [0, 0.1) is 11.7 Å². The smallest absolute Gasteiger partial charge is 0.223 e. The van der Waals surface area contributed by atoms with Gasteiger partial charge in [-0.1, -0.05) is 34.8 Å². The van der Waals surface area contributed by atoms with Crippen LogP contribution < -0.4 is 0 Å². The summed E-state index contributed by atoms with van der Waals surface area (Å²) in [7, 11) is 0. The van der Waals surface area contributed by atoms with E-state index in [4.69, 9.17) is 0 Å². The van der Waals surface area contributed by atoms with E-state index in [-0.39, 0.29) is 17.6 Å². The van der Waals surface area contributed by atoms with E-state index in [1.807, 2.05) is 4.90 Å². The Morgan fingerprint density at radius 2 is 1.65 bits per heavy atom. The average Bonchev–Trinajstić information content (AvgIpc) is 3.14. The highest BCUT2D eigenvalue weighted by Gasteiger charge is 2.26. The van der Waals surface area contributed by atoms with Crippen molar-refractivity contribution in [3.05, 3.63) is 34.1 Å². The van der Waals surface area contributed by atoms with Crippen LogP contribution in [0.3, 0.4) is 0 Å². The Morgan fingerprint density at radius 3 is 2.27 bits per heavy atom. The molecular formula is C20H26BrFN2O2. The molecule has 2 fully saturated rings. The molecule has 2 aliphatic rings. The van der Waals surface area contributed by atoms with Gasteiger partial charge in [0.15, 0.2) is 0 Å². The molecule has 1 saturated carbocycles. The summed E-state index contributed by atoms with van der Waals surface area (Å²) in [6.07, 6.45) is 6.22. The third-order valence-corrected chi connectivity index (χ3v) is 6.04. The molecule has 1 saturated heterocycles. The average molecular weight is 425 g/mol. The maximum Gasteiger partial charge on any atom is 0.223 e. The van der Waals surface area contributed by atoms with Gasteiger partial charge in [-0.15, -0.1) is 0 Å². The minimum atomic E-state index is -0.283. The summed E-state index contributed by atoms with van der Waals surface area (Å²) >= 11 is 3.24. The van der Waals surface area contributed by atoms with Crippen LogP contribution in [0.4, 0.5) is 4.39 Å². The number of hydrogen-bond acceptors (Lipinski definition) is 2. The van der Waals surface area contributed by atoms with Gasteiger partial charge in [0.2, 0.25) is 11.8 Å². The van der Waals surface area contributed by atoms with Gasteiger partial charge in [-0.2, -0.15) is 0 Å². The zero-order chi connectivity index (χ0) is 18.5. The molecule has 0 N–H and O–H groups in total. The second-order valence-electron chi connectivity index (χ2n) is 7.35. The number of amides is 2. The summed E-state index contributed by atoms with van der Waals surface area (Å²) in [4.78, 5) is 28.5. The Bertz CT molecular complexity index is 653. The molecule has 2 amide bonds. The molecule has 1 aliphatic carbocycles. The Balaban J connectivity index is 1.42. The summed E-state index contributed by atoms with van der Waals surface area (Å²) in [5.41, 5.74) is 0.562. The lowest BCUT2D eigenvalue weighted by atomic mass is 10.0. The lowest BCUT2D eigenvalue weighted by molar-refractivity contribution is -0.140. The van der Waals surface area contributed by atoms with Crippen LogP contribution in [-0.4, -0.2) is 47.8 Å². The molecule has 1 aromatic rings. The van der Waals surface area contributed by atoms with Gasteiger partial charge in [-0.3, -0.25) is 9.59 Å². The molecule has 6 heteroatoms. The number of piperazine rings is 1. The van der Waals surface area contributed by atoms with E-state index in [2.05, 4.69) is 15.9 Å². The van der Waals surface area contributed by atoms with Crippen molar-refractivity contribution in [3.8, 4) is 0 Å². The number of carbonyl (C=O) groups excluding carboxylic acids is 2. The van der Waals surface area contributed by atoms with Crippen molar-refractivity contribution in [2.45, 2.75) is 44.9 Å². The fourth-order valence-electron chi connectivity index (χ4n) is 3.92. The van der Waals surface area contributed by atoms with Crippen LogP contribution in [0.2, 0.25) is 0 Å². The highest BCUT2D eigenvalue weighted by molar-refractivity contribution is 9.10. The summed E-state index contributed by atoms with van der Waals surface area (Å²) in [6.45, 7) is 2.39. The van der Waals surface area contributed by atoms with Crippen LogP contribution in [0.25, 0.3) is 0 Å². The first-order valence-electron chi connectivity index (χ1n) is 9.52. The summed E-state index contributed by atoms with van der Waals surface area (Å²) in [5, 5.41) is 0. The molecule has 0 spiro atoms. The number of halogens is 2. The van der Waals surface area contributed by atoms with Crippen molar-refractivity contribution in [2.75, 3.05) is 26.2 Å². The van der Waals surface area contributed by atoms with Gasteiger partial charge in [-0.25, -0.2) is 4.39 Å². The van der Waals surface area contributed by atoms with Gasteiger partial charge in [-0.05, 0) is 42.9 Å². The van der Waals surface area contributed by atoms with Crippen molar-refractivity contribution in [2.24, 2.45) is 5.92 Å². The predicted molar refractivity (Wildman–Crippen MR) is 102 cm³/mol. The molecule has 3 rings (SSSR count). The summed E-state index contributed by atoms with van der Waals surface area (Å²) < 4.78 is 14.5. The Morgan fingerprint density at radius 1 is 1.04 bits per heavy atom. The fourth-order valence-corrected chi connectivity index (χ4v) is 4.25. The summed E-state index contributed by atoms with van der Waals surface area (Å²) in [6, 6.07) is 4.93. The molecule has 0 radical (unpaired) electrons. The number of nitrogens with zero attached hydrogens (tertiary/aromatic N) is 2. The minimum absolute atomic E-state index is 0.0372. The third kappa shape index (κ3) is 5.06. The number of rotatable bonds is 5. The zero-order valence-electron chi connectivity index (χ0n) is 15.1. The zero-order valence-corrected chi connectivity index (χ0v) is 16.6. The van der Waals surface area contributed by atoms with Gasteiger partial charge >= 0.3 is 0 Å². The maximum absolute atomic E-state index is 13.9. The van der Waals surface area contributed by atoms with Crippen LogP contribution in [0.1, 0.15) is 44.1 Å². The van der Waals surface area contributed by atoms with Gasteiger partial charge in [0.05, 0.1) is 0 Å². The van der Waals surface area contributed by atoms with Crippen molar-refractivity contribution in [1.82, 2.24) is 9.80 Å². The molecule has 142 valence electrons. The second-order valence-corrected chi connectivity index (χ2v) is 8.27. The van der Waals surface area contributed by atoms with Crippen molar-refractivity contribution >= 4 is 27.7 Å². The van der Waals surface area contributed by atoms with E-state index < -0.39 is 0 Å². The van der Waals surface area contributed by atoms with Crippen LogP contribution in [0.15, 0.2) is 22.7 Å². The van der Waals surface area contributed by atoms with Crippen molar-refractivity contribution in [3.63, 3.8) is 0 Å². The van der Waals surface area contributed by atoms with Crippen LogP contribution in [0.5, 0.6) is 0 Å². The molecule has 1 heterocycles. The molecule has 0 atom stereocenters. The van der Waals surface area contributed by atoms with Crippen LogP contribution >= 0.6 is 15.9 Å². The molecule has 26 heavy (non-hydrogen) atoms. The lowest BCUT2D eigenvalue weighted by Gasteiger charge is -2.35. The Hall–Kier alpha value is -1.43. The van der Waals surface area contributed by atoms with Gasteiger partial charge in [0, 0.05) is 43.5 Å². The van der Waals surface area contributed by atoms with Gasteiger partial charge in [0.1, 0.15) is 5.82 Å². The quantitative estimate of drug-likeness (QED) is 0.721. The first-order chi connectivity index (χ1) is 12.5. The molecule has 0 unspecified atom stereocenters. The Labute approximate surface area is 162 Å². The molecular weight excluding hydrogens is 399 g/mol. The largest absolute Gasteiger partial charge is 0.339 e. The van der Waals surface area contributed by atoms with E-state index in [9.17, 15) is 14.0 Å². The van der Waals surface area contributed by atoms with E-state index >= 15 is 0 Å². The molecule has 4 nitrogen and oxygen atoms in total. The molecule has 0 bridgehead atoms. The second kappa shape index (κ2) is 8.98. The number of aryl methyl sites for hydroxylation is 1. The maximum atomic E-state index is 13.9. The predicted octanol–water partition coefficient (Wildman–Crippen LogP) is 3.77. The number of carbonyl (C=O) groups is 2. The van der Waals surface area contributed by atoms with E-state index in [1.165, 1.54) is 31.7 Å². The first-order valence-corrected chi connectivity index (χ1v) is 10.3. The lowest BCUT2D eigenvalue weighted by Crippen LogP contribution is -2.50. The van der Waals surface area contributed by atoms with E-state index in [1.54, 1.807) is 17.0 Å². The van der Waals surface area contributed by atoms with Crippen molar-refractivity contribution in [1.29, 1.82) is 0 Å². The highest BCUT2D eigenvalue weighted by atomic mass is 79.9. The number of hydrogen-bond donors (Lipinski definition) is 0. The highest BCUT2D eigenvalue weighted by Crippen LogP contribution is 2.28. The standard InChI is InChI=1S/C20H26BrFN2O2/c21-17-7-5-16(18(22)14-17)6-8-19(25)23-9-11-24(12-10-23)20(26)13-15-3-1-2-4-15/h5,7,14-15H,1-4,6,8-13H2. The molecule has 1 aromatic carbocycles. The topological polar surface area (TPSA) is 40.6 Å². The number of benzene rings is 1. The first kappa shape index (κ1) is 19.3. The summed E-state index contributed by atoms with van der Waals surface area (Å²) in [5.74, 6) is 0.550. The minimum Gasteiger partial charge on any atom is -0.339 e. The SMILES string of the molecule is O=C(CCc1ccc(Br)cc1F)N1CCN(C(=O)CC2CCCC2)CC1. The van der Waals surface area contributed by atoms with Crippen molar-refractivity contribution < 1.29 is 14.0 Å².